The molecule has 2 aliphatic rings. The smallest absolute Gasteiger partial charge is 0.261 e. The van der Waals surface area contributed by atoms with Gasteiger partial charge in [-0.1, -0.05) is 36.4 Å². The van der Waals surface area contributed by atoms with E-state index in [0.29, 0.717) is 33.6 Å². The molecule has 44 heavy (non-hydrogen) atoms. The number of H-pyrrole nitrogens is 2. The molecule has 3 aromatic carbocycles. The van der Waals surface area contributed by atoms with Crippen molar-refractivity contribution < 1.29 is 19.4 Å². The third-order valence-corrected chi connectivity index (χ3v) is 8.48. The van der Waals surface area contributed by atoms with Crippen molar-refractivity contribution in [3.05, 3.63) is 88.3 Å². The van der Waals surface area contributed by atoms with E-state index in [2.05, 4.69) is 25.2 Å². The van der Waals surface area contributed by atoms with Crippen molar-refractivity contribution in [1.29, 1.82) is 0 Å². The van der Waals surface area contributed by atoms with E-state index in [4.69, 9.17) is 4.74 Å². The molecule has 0 aliphatic carbocycles. The number of fused-ring (bicyclic) bond motifs is 3. The summed E-state index contributed by atoms with van der Waals surface area (Å²) in [5.41, 5.74) is 2.01. The molecule has 1 saturated heterocycles. The summed E-state index contributed by atoms with van der Waals surface area (Å²) < 4.78 is 5.92. The molecule has 0 radical (unpaired) electrons. The van der Waals surface area contributed by atoms with Crippen LogP contribution in [0.4, 0.5) is 5.69 Å². The van der Waals surface area contributed by atoms with Gasteiger partial charge in [0.15, 0.2) is 0 Å². The number of amides is 2. The zero-order valence-electron chi connectivity index (χ0n) is 24.2. The number of pyridine rings is 1. The van der Waals surface area contributed by atoms with E-state index < -0.39 is 6.10 Å². The number of imide groups is 1. The maximum Gasteiger partial charge on any atom is 0.261 e. The summed E-state index contributed by atoms with van der Waals surface area (Å²) in [5.74, 6) is 0.365. The zero-order chi connectivity index (χ0) is 30.4. The van der Waals surface area contributed by atoms with E-state index in [-0.39, 0.29) is 48.0 Å². The van der Waals surface area contributed by atoms with Gasteiger partial charge in [-0.3, -0.25) is 19.3 Å². The lowest BCUT2D eigenvalue weighted by Crippen LogP contribution is -2.46. The van der Waals surface area contributed by atoms with Gasteiger partial charge in [-0.25, -0.2) is 4.98 Å². The SMILES string of the molecule is CN1CCC(N2C(=O)c3cc4nc(-c5c(NCC(O)COc6cccc7ccccc67)cc[nH]c5=O)[nH]c4cc3C2=O)CC1. The fourth-order valence-electron chi connectivity index (χ4n) is 6.12. The highest BCUT2D eigenvalue weighted by atomic mass is 16.5. The molecule has 2 aromatic heterocycles. The second-order valence-electron chi connectivity index (χ2n) is 11.4. The van der Waals surface area contributed by atoms with Gasteiger partial charge in [0, 0.05) is 24.2 Å². The average Bonchev–Trinajstić information content (AvgIpc) is 3.55. The molecular weight excluding hydrogens is 560 g/mol. The number of likely N-dealkylation sites (tertiary alicyclic amines) is 1. The second kappa shape index (κ2) is 11.3. The Balaban J connectivity index is 1.09. The van der Waals surface area contributed by atoms with Crippen molar-refractivity contribution >= 4 is 39.3 Å². The number of carbonyl (C=O) groups excluding carboxylic acids is 2. The molecule has 7 rings (SSSR count). The Hall–Kier alpha value is -5.00. The monoisotopic (exact) mass is 592 g/mol. The molecule has 11 nitrogen and oxygen atoms in total. The molecule has 1 atom stereocenters. The van der Waals surface area contributed by atoms with Crippen LogP contribution >= 0.6 is 0 Å². The Morgan fingerprint density at radius 3 is 2.59 bits per heavy atom. The van der Waals surface area contributed by atoms with E-state index in [1.54, 1.807) is 18.2 Å². The number of piperidine rings is 1. The number of aliphatic hydroxyl groups is 1. The van der Waals surface area contributed by atoms with Gasteiger partial charge in [-0.05, 0) is 62.6 Å². The molecule has 224 valence electrons. The van der Waals surface area contributed by atoms with Crippen molar-refractivity contribution in [2.24, 2.45) is 0 Å². The second-order valence-corrected chi connectivity index (χ2v) is 11.4. The number of nitrogens with zero attached hydrogens (tertiary/aromatic N) is 3. The highest BCUT2D eigenvalue weighted by molar-refractivity contribution is 6.23. The van der Waals surface area contributed by atoms with Gasteiger partial charge < -0.3 is 30.0 Å². The fraction of sp³-hybridized carbons (Fsp3) is 0.273. The average molecular weight is 593 g/mol. The van der Waals surface area contributed by atoms with Crippen molar-refractivity contribution in [1.82, 2.24) is 24.8 Å². The minimum atomic E-state index is -0.871. The quantitative estimate of drug-likeness (QED) is 0.200. The number of imidazole rings is 1. The third-order valence-electron chi connectivity index (χ3n) is 8.48. The molecule has 1 fully saturated rings. The number of benzene rings is 3. The van der Waals surface area contributed by atoms with Crippen LogP contribution in [-0.2, 0) is 0 Å². The number of hydrogen-bond donors (Lipinski definition) is 4. The molecule has 5 aromatic rings. The van der Waals surface area contributed by atoms with Crippen LogP contribution in [0.3, 0.4) is 0 Å². The molecule has 2 amide bonds. The lowest BCUT2D eigenvalue weighted by atomic mass is 10.0. The lowest BCUT2D eigenvalue weighted by molar-refractivity contribution is 0.0516. The van der Waals surface area contributed by atoms with E-state index >= 15 is 0 Å². The Morgan fingerprint density at radius 1 is 1.02 bits per heavy atom. The van der Waals surface area contributed by atoms with Gasteiger partial charge in [0.25, 0.3) is 17.4 Å². The summed E-state index contributed by atoms with van der Waals surface area (Å²) in [6.45, 7) is 1.83. The van der Waals surface area contributed by atoms with E-state index in [9.17, 15) is 19.5 Å². The molecule has 1 unspecified atom stereocenters. The van der Waals surface area contributed by atoms with Crippen molar-refractivity contribution in [3.8, 4) is 17.1 Å². The summed E-state index contributed by atoms with van der Waals surface area (Å²) in [6, 6.07) is 18.5. The number of nitrogens with one attached hydrogen (secondary N) is 3. The van der Waals surface area contributed by atoms with Gasteiger partial charge in [0.2, 0.25) is 0 Å². The molecule has 4 N–H and O–H groups in total. The number of ether oxygens (including phenoxy) is 1. The van der Waals surface area contributed by atoms with Crippen molar-refractivity contribution in [3.63, 3.8) is 0 Å². The third kappa shape index (κ3) is 4.99. The number of anilines is 1. The van der Waals surface area contributed by atoms with Crippen LogP contribution in [0.5, 0.6) is 5.75 Å². The van der Waals surface area contributed by atoms with Crippen LogP contribution in [-0.4, -0.2) is 87.1 Å². The van der Waals surface area contributed by atoms with Crippen molar-refractivity contribution in [2.75, 3.05) is 38.6 Å². The van der Waals surface area contributed by atoms with Gasteiger partial charge in [-0.15, -0.1) is 0 Å². The lowest BCUT2D eigenvalue weighted by Gasteiger charge is -2.33. The molecule has 11 heteroatoms. The Morgan fingerprint density at radius 2 is 1.77 bits per heavy atom. The topological polar surface area (TPSA) is 144 Å². The molecule has 0 bridgehead atoms. The fourth-order valence-corrected chi connectivity index (χ4v) is 6.12. The maximum absolute atomic E-state index is 13.3. The van der Waals surface area contributed by atoms with Crippen LogP contribution < -0.4 is 15.6 Å². The first-order valence-corrected chi connectivity index (χ1v) is 14.7. The van der Waals surface area contributed by atoms with Gasteiger partial charge >= 0.3 is 0 Å². The van der Waals surface area contributed by atoms with Crippen LogP contribution in [0.25, 0.3) is 33.2 Å². The van der Waals surface area contributed by atoms with Crippen LogP contribution in [0.1, 0.15) is 33.6 Å². The Labute approximate surface area is 252 Å². The van der Waals surface area contributed by atoms with E-state index in [0.717, 1.165) is 36.7 Å². The predicted molar refractivity (Wildman–Crippen MR) is 167 cm³/mol. The van der Waals surface area contributed by atoms with Crippen LogP contribution in [0.15, 0.2) is 71.7 Å². The zero-order valence-corrected chi connectivity index (χ0v) is 24.2. The van der Waals surface area contributed by atoms with Gasteiger partial charge in [0.05, 0.1) is 27.8 Å². The Bertz CT molecular complexity index is 1900. The predicted octanol–water partition coefficient (Wildman–Crippen LogP) is 3.61. The molecular formula is C33H32N6O5. The summed E-state index contributed by atoms with van der Waals surface area (Å²) in [5, 5.41) is 15.8. The summed E-state index contributed by atoms with van der Waals surface area (Å²) in [6.07, 6.45) is 2.14. The summed E-state index contributed by atoms with van der Waals surface area (Å²) >= 11 is 0. The Kier molecular flexibility index (Phi) is 7.11. The van der Waals surface area contributed by atoms with E-state index in [1.165, 1.54) is 11.1 Å². The molecule has 2 aliphatic heterocycles. The van der Waals surface area contributed by atoms with Crippen LogP contribution in [0, 0.1) is 0 Å². The number of hydrogen-bond acceptors (Lipinski definition) is 8. The van der Waals surface area contributed by atoms with Crippen LogP contribution in [0.2, 0.25) is 0 Å². The maximum atomic E-state index is 13.3. The first kappa shape index (κ1) is 27.8. The minimum Gasteiger partial charge on any atom is -0.490 e. The largest absolute Gasteiger partial charge is 0.490 e. The highest BCUT2D eigenvalue weighted by Gasteiger charge is 2.41. The van der Waals surface area contributed by atoms with Crippen molar-refractivity contribution in [2.45, 2.75) is 25.0 Å². The molecule has 4 heterocycles. The first-order chi connectivity index (χ1) is 21.4. The number of aromatic nitrogens is 3. The molecule has 0 spiro atoms. The van der Waals surface area contributed by atoms with Gasteiger partial charge in [-0.2, -0.15) is 0 Å². The highest BCUT2D eigenvalue weighted by Crippen LogP contribution is 2.33. The number of rotatable bonds is 8. The normalized spacial score (nSPS) is 16.5. The first-order valence-electron chi connectivity index (χ1n) is 14.7. The number of aliphatic hydroxyl groups excluding tert-OH is 1. The number of aromatic amines is 2. The molecule has 0 saturated carbocycles. The van der Waals surface area contributed by atoms with Gasteiger partial charge in [0.1, 0.15) is 29.8 Å². The minimum absolute atomic E-state index is 0.0480. The standard InChI is InChI=1S/C33H32N6O5/c1-38-13-10-20(11-14-38)39-32(42)23-15-26-27(16-24(23)33(39)43)37-30(36-26)29-25(9-12-34-31(29)41)35-17-21(40)18-44-28-8-4-6-19-5-2-3-7-22(19)28/h2-9,12,15-16,20-21,40H,10-11,13-14,17-18H2,1H3,(H,36,37)(H2,34,35,41). The number of carbonyl (C=O) groups is 2. The summed E-state index contributed by atoms with van der Waals surface area (Å²) in [7, 11) is 2.03. The summed E-state index contributed by atoms with van der Waals surface area (Å²) in [4.78, 5) is 53.7. The van der Waals surface area contributed by atoms with E-state index in [1.807, 2.05) is 49.5 Å².